The first kappa shape index (κ1) is 59.1. The van der Waals surface area contributed by atoms with Crippen molar-refractivity contribution < 1.29 is 62.6 Å². The van der Waals surface area contributed by atoms with Gasteiger partial charge in [0, 0.05) is 31.4 Å². The topological polar surface area (TPSA) is 181 Å². The highest BCUT2D eigenvalue weighted by molar-refractivity contribution is 7.99. The summed E-state index contributed by atoms with van der Waals surface area (Å²) >= 11 is 1.76. The monoisotopic (exact) mass is 995 g/mol. The second-order valence-corrected chi connectivity index (χ2v) is 25.8. The molecule has 0 aromatic heterocycles. The van der Waals surface area contributed by atoms with Crippen molar-refractivity contribution in [2.24, 2.45) is 51.2 Å². The smallest absolute Gasteiger partial charge is 0.347 e. The van der Waals surface area contributed by atoms with Crippen LogP contribution in [-0.4, -0.2) is 99.6 Å². The van der Waals surface area contributed by atoms with Crippen molar-refractivity contribution in [1.82, 2.24) is 0 Å². The van der Waals surface area contributed by atoms with E-state index in [0.717, 1.165) is 68.3 Å². The van der Waals surface area contributed by atoms with Crippen LogP contribution in [-0.2, 0) is 52.4 Å². The minimum atomic E-state index is -0.842. The van der Waals surface area contributed by atoms with Gasteiger partial charge in [0.15, 0.2) is 0 Å². The third-order valence-corrected chi connectivity index (χ3v) is 18.5. The van der Waals surface area contributed by atoms with Gasteiger partial charge in [-0.2, -0.15) is 11.8 Å². The predicted octanol–water partition coefficient (Wildman–Crippen LogP) is 10.7. The molecule has 13 nitrogen and oxygen atoms in total. The zero-order valence-corrected chi connectivity index (χ0v) is 45.0. The molecule has 4 atom stereocenters. The number of ether oxygens (including phenoxy) is 6. The fourth-order valence-corrected chi connectivity index (χ4v) is 12.8. The molecule has 10 fully saturated rings. The molecule has 10 rings (SSSR count). The van der Waals surface area contributed by atoms with Gasteiger partial charge < -0.3 is 38.6 Å². The molecule has 0 amide bonds. The van der Waals surface area contributed by atoms with Gasteiger partial charge in [0.2, 0.25) is 12.4 Å². The lowest BCUT2D eigenvalue weighted by Gasteiger charge is -2.62. The molecule has 0 spiro atoms. The molecule has 14 heteroatoms. The van der Waals surface area contributed by atoms with Gasteiger partial charge in [-0.05, 0) is 168 Å². The van der Waals surface area contributed by atoms with E-state index < -0.39 is 45.1 Å². The minimum absolute atomic E-state index is 0. The van der Waals surface area contributed by atoms with Crippen molar-refractivity contribution in [2.75, 3.05) is 24.7 Å². The highest BCUT2D eigenvalue weighted by Gasteiger charge is 2.65. The average molecular weight is 995 g/mol. The van der Waals surface area contributed by atoms with Crippen molar-refractivity contribution >= 4 is 41.6 Å². The van der Waals surface area contributed by atoms with Crippen LogP contribution in [0.25, 0.3) is 0 Å². The number of aliphatic hydroxyl groups is 2. The Bertz CT molecular complexity index is 1730. The van der Waals surface area contributed by atoms with Crippen molar-refractivity contribution in [3.8, 4) is 0 Å². The summed E-state index contributed by atoms with van der Waals surface area (Å²) in [5.41, 5.74) is -4.22. The summed E-state index contributed by atoms with van der Waals surface area (Å²) in [6, 6.07) is 0. The standard InChI is InChI=1S/C18H30O2.C16H26O4.C10H16O4.C10H18O3S.CH4/c1-5-17(3,4)16(19)20-18(6-2)14-8-12-7-13(10-14)11-15(18)9-12;1-4-13(2,3)12(17)20-16-7-11-5-14(18,9-16)8-15(19,6-11)10-16;1-4-10(2,3)9(12)14-7-5-6-13-8(7)11;1-4-10(2,3)9(11)13-8-7-14-6-5-12-8;/h12-15H,5-11H2,1-4H3;11,18-19H,4-10H2,1-3H3;7H,4-6H2,1-3H3;8H,4-7H2,1-3H3;1H4. The molecule has 0 aromatic rings. The van der Waals surface area contributed by atoms with E-state index in [0.29, 0.717) is 57.2 Å². The average Bonchev–Trinajstić information content (AvgIpc) is 3.67. The largest absolute Gasteiger partial charge is 0.463 e. The maximum atomic E-state index is 12.6. The molecule has 4 unspecified atom stereocenters. The van der Waals surface area contributed by atoms with Gasteiger partial charge in [-0.3, -0.25) is 19.2 Å². The highest BCUT2D eigenvalue weighted by atomic mass is 32.2. The number of carbonyl (C=O) groups excluding carboxylic acids is 5. The lowest BCUT2D eigenvalue weighted by atomic mass is 9.49. The van der Waals surface area contributed by atoms with Crippen LogP contribution in [0, 0.1) is 51.2 Å². The van der Waals surface area contributed by atoms with Crippen LogP contribution in [0.5, 0.6) is 0 Å². The highest BCUT2D eigenvalue weighted by Crippen LogP contribution is 2.62. The maximum Gasteiger partial charge on any atom is 0.347 e. The van der Waals surface area contributed by atoms with E-state index in [4.69, 9.17) is 28.4 Å². The molecule has 8 bridgehead atoms. The molecule has 8 saturated carbocycles. The molecular formula is C55H94O13S. The van der Waals surface area contributed by atoms with Crippen molar-refractivity contribution in [2.45, 2.75) is 241 Å². The Morgan fingerprint density at radius 3 is 1.49 bits per heavy atom. The van der Waals surface area contributed by atoms with Crippen LogP contribution in [0.3, 0.4) is 0 Å². The van der Waals surface area contributed by atoms with Crippen LogP contribution in [0.2, 0.25) is 0 Å². The molecular weight excluding hydrogens is 901 g/mol. The number of hydrogen-bond acceptors (Lipinski definition) is 14. The summed E-state index contributed by atoms with van der Waals surface area (Å²) in [4.78, 5) is 59.3. The second kappa shape index (κ2) is 22.8. The van der Waals surface area contributed by atoms with Crippen LogP contribution >= 0.6 is 11.8 Å². The van der Waals surface area contributed by atoms with Gasteiger partial charge in [0.1, 0.15) is 11.2 Å². The molecule has 0 aromatic carbocycles. The Kier molecular flexibility index (Phi) is 19.5. The van der Waals surface area contributed by atoms with Gasteiger partial charge >= 0.3 is 29.8 Å². The van der Waals surface area contributed by atoms with Crippen LogP contribution in [0.1, 0.15) is 207 Å². The van der Waals surface area contributed by atoms with Gasteiger partial charge in [0.05, 0.1) is 51.8 Å². The zero-order valence-electron chi connectivity index (χ0n) is 44.2. The Balaban J connectivity index is 0.000000203. The number of cyclic esters (lactones) is 1. The van der Waals surface area contributed by atoms with Crippen LogP contribution < -0.4 is 0 Å². The Morgan fingerprint density at radius 2 is 1.09 bits per heavy atom. The molecule has 2 heterocycles. The second-order valence-electron chi connectivity index (χ2n) is 24.6. The number of thioether (sulfide) groups is 1. The quantitative estimate of drug-likeness (QED) is 0.131. The van der Waals surface area contributed by atoms with E-state index in [2.05, 4.69) is 13.8 Å². The van der Waals surface area contributed by atoms with E-state index in [1.54, 1.807) is 25.6 Å². The number of esters is 5. The molecule has 10 aliphatic rings. The van der Waals surface area contributed by atoms with Gasteiger partial charge in [-0.25, -0.2) is 4.79 Å². The predicted molar refractivity (Wildman–Crippen MR) is 268 cm³/mol. The summed E-state index contributed by atoms with van der Waals surface area (Å²) in [5, 5.41) is 21.3. The summed E-state index contributed by atoms with van der Waals surface area (Å²) in [6.45, 7) is 26.4. The van der Waals surface area contributed by atoms with E-state index in [1.807, 2.05) is 62.3 Å². The van der Waals surface area contributed by atoms with Crippen molar-refractivity contribution in [3.63, 3.8) is 0 Å². The summed E-state index contributed by atoms with van der Waals surface area (Å²) in [7, 11) is 0. The number of carbonyl (C=O) groups is 5. The molecule has 8 aliphatic carbocycles. The van der Waals surface area contributed by atoms with E-state index in [1.165, 1.54) is 32.1 Å². The Labute approximate surface area is 420 Å². The van der Waals surface area contributed by atoms with Gasteiger partial charge in [-0.1, -0.05) is 42.0 Å². The third kappa shape index (κ3) is 14.0. The van der Waals surface area contributed by atoms with E-state index in [-0.39, 0.29) is 54.5 Å². The molecule has 398 valence electrons. The fourth-order valence-electron chi connectivity index (χ4n) is 12.1. The van der Waals surface area contributed by atoms with E-state index in [9.17, 15) is 34.2 Å². The minimum Gasteiger partial charge on any atom is -0.463 e. The van der Waals surface area contributed by atoms with Crippen molar-refractivity contribution in [3.05, 3.63) is 0 Å². The Hall–Kier alpha value is -2.42. The van der Waals surface area contributed by atoms with Crippen LogP contribution in [0.15, 0.2) is 0 Å². The summed E-state index contributed by atoms with van der Waals surface area (Å²) in [6.07, 6.45) is 13.9. The molecule has 0 radical (unpaired) electrons. The maximum absolute atomic E-state index is 12.6. The molecule has 2 aliphatic heterocycles. The summed E-state index contributed by atoms with van der Waals surface area (Å²) < 4.78 is 32.5. The first-order valence-corrected chi connectivity index (χ1v) is 27.4. The SMILES string of the molecule is C.CCC(C)(C)C(=O)OC1(CC)C2CC3CC(C2)CC1C3.CCC(C)(C)C(=O)OC12CC3CC(O)(CC(O)(C3)C1)C2.CCC(C)(C)C(=O)OC1CCOC1=O.CCC(C)(C)C(=O)OC1CSCCO1. The number of hydrogen-bond donors (Lipinski definition) is 2. The lowest BCUT2D eigenvalue weighted by molar-refractivity contribution is -0.264. The van der Waals surface area contributed by atoms with Crippen molar-refractivity contribution in [1.29, 1.82) is 0 Å². The fraction of sp³-hybridized carbons (Fsp3) is 0.909. The van der Waals surface area contributed by atoms with Gasteiger partial charge in [0.25, 0.3) is 0 Å². The summed E-state index contributed by atoms with van der Waals surface area (Å²) in [5.74, 6) is 4.08. The van der Waals surface area contributed by atoms with Crippen LogP contribution in [0.4, 0.5) is 0 Å². The Morgan fingerprint density at radius 1 is 0.623 bits per heavy atom. The molecule has 2 N–H and O–H groups in total. The lowest BCUT2D eigenvalue weighted by Crippen LogP contribution is -2.67. The van der Waals surface area contributed by atoms with Gasteiger partial charge in [-0.15, -0.1) is 0 Å². The van der Waals surface area contributed by atoms with E-state index >= 15 is 0 Å². The third-order valence-electron chi connectivity index (χ3n) is 17.5. The molecule has 69 heavy (non-hydrogen) atoms. The normalized spacial score (nSPS) is 35.1. The zero-order chi connectivity index (χ0) is 50.7. The number of rotatable bonds is 13. The first-order valence-electron chi connectivity index (χ1n) is 26.2. The first-order chi connectivity index (χ1) is 31.5. The molecule has 2 saturated heterocycles.